The Morgan fingerprint density at radius 3 is 1.58 bits per heavy atom. The van der Waals surface area contributed by atoms with Gasteiger partial charge in [-0.3, -0.25) is 0 Å². The summed E-state index contributed by atoms with van der Waals surface area (Å²) in [6.07, 6.45) is -4.49. The van der Waals surface area contributed by atoms with Crippen LogP contribution in [-0.4, -0.2) is 25.7 Å². The van der Waals surface area contributed by atoms with E-state index in [4.69, 9.17) is 9.47 Å². The van der Waals surface area contributed by atoms with E-state index in [2.05, 4.69) is 15.9 Å². The Bertz CT molecular complexity index is 705. The lowest BCUT2D eigenvalue weighted by atomic mass is 9.95. The minimum Gasteiger partial charge on any atom is -0.497 e. The molecule has 0 aromatic heterocycles. The molecule has 2 rings (SSSR count). The molecule has 0 unspecified atom stereocenters. The second kappa shape index (κ2) is 7.75. The summed E-state index contributed by atoms with van der Waals surface area (Å²) in [6, 6.07) is 12.4. The van der Waals surface area contributed by atoms with Crippen molar-refractivity contribution in [1.82, 2.24) is 0 Å². The van der Waals surface area contributed by atoms with E-state index in [0.29, 0.717) is 17.1 Å². The predicted molar refractivity (Wildman–Crippen MR) is 92.7 cm³/mol. The third kappa shape index (κ3) is 4.12. The summed E-state index contributed by atoms with van der Waals surface area (Å²) in [7, 11) is 2.98. The molecule has 0 atom stereocenters. The van der Waals surface area contributed by atoms with Crippen LogP contribution in [0.4, 0.5) is 13.2 Å². The number of hydrogen-bond acceptors (Lipinski definition) is 2. The van der Waals surface area contributed by atoms with Crippen LogP contribution < -0.4 is 9.47 Å². The van der Waals surface area contributed by atoms with Crippen molar-refractivity contribution in [2.45, 2.75) is 6.18 Å². The van der Waals surface area contributed by atoms with Gasteiger partial charge in [-0.1, -0.05) is 40.2 Å². The summed E-state index contributed by atoms with van der Waals surface area (Å²) in [6.45, 7) is 0. The molecule has 0 aliphatic carbocycles. The predicted octanol–water partition coefficient (Wildman–Crippen LogP) is 5.57. The van der Waals surface area contributed by atoms with Crippen LogP contribution in [0.1, 0.15) is 11.1 Å². The van der Waals surface area contributed by atoms with Gasteiger partial charge < -0.3 is 9.47 Å². The maximum absolute atomic E-state index is 13.7. The molecular weight excluding hydrogens is 385 g/mol. The van der Waals surface area contributed by atoms with Gasteiger partial charge in [0.1, 0.15) is 11.5 Å². The first-order valence-corrected chi connectivity index (χ1v) is 8.18. The van der Waals surface area contributed by atoms with Crippen molar-refractivity contribution in [3.63, 3.8) is 0 Å². The zero-order valence-electron chi connectivity index (χ0n) is 13.2. The fraction of sp³-hybridized carbons (Fsp3) is 0.222. The Labute approximate surface area is 147 Å². The molecule has 128 valence electrons. The SMILES string of the molecule is COc1ccc(/C(CBr)=C(/c2ccc(OC)cc2)C(F)(F)F)cc1. The number of allylic oxidation sites excluding steroid dienone is 2. The number of methoxy groups -OCH3 is 2. The van der Waals surface area contributed by atoms with Crippen LogP contribution >= 0.6 is 15.9 Å². The molecule has 2 nitrogen and oxygen atoms in total. The standard InChI is InChI=1S/C18H16BrF3O2/c1-23-14-7-3-12(4-8-14)16(11-19)17(18(20,21)22)13-5-9-15(24-2)10-6-13/h3-10H,11H2,1-2H3/b17-16-. The molecule has 0 aliphatic rings. The van der Waals surface area contributed by atoms with Gasteiger partial charge in [0, 0.05) is 5.33 Å². The molecular formula is C18H16BrF3O2. The molecule has 2 aromatic carbocycles. The number of halogens is 4. The van der Waals surface area contributed by atoms with Crippen molar-refractivity contribution in [3.05, 3.63) is 59.7 Å². The van der Waals surface area contributed by atoms with Crippen molar-refractivity contribution in [2.24, 2.45) is 0 Å². The summed E-state index contributed by atoms with van der Waals surface area (Å²) in [5, 5.41) is 0.0696. The van der Waals surface area contributed by atoms with E-state index in [1.54, 1.807) is 24.3 Å². The van der Waals surface area contributed by atoms with Crippen LogP contribution in [-0.2, 0) is 0 Å². The van der Waals surface area contributed by atoms with Crippen molar-refractivity contribution in [2.75, 3.05) is 19.5 Å². The van der Waals surface area contributed by atoms with E-state index in [9.17, 15) is 13.2 Å². The maximum Gasteiger partial charge on any atom is 0.417 e. The number of hydrogen-bond donors (Lipinski definition) is 0. The monoisotopic (exact) mass is 400 g/mol. The molecule has 6 heteroatoms. The Balaban J connectivity index is 2.62. The quantitative estimate of drug-likeness (QED) is 0.482. The average molecular weight is 401 g/mol. The lowest BCUT2D eigenvalue weighted by Crippen LogP contribution is -2.14. The lowest BCUT2D eigenvalue weighted by molar-refractivity contribution is -0.0685. The van der Waals surface area contributed by atoms with Gasteiger partial charge in [0.25, 0.3) is 0 Å². The molecule has 2 aromatic rings. The molecule has 0 bridgehead atoms. The summed E-state index contributed by atoms with van der Waals surface area (Å²) in [5.74, 6) is 1.09. The average Bonchev–Trinajstić information content (AvgIpc) is 2.59. The third-order valence-electron chi connectivity index (χ3n) is 3.54. The van der Waals surface area contributed by atoms with Gasteiger partial charge >= 0.3 is 6.18 Å². The Kier molecular flexibility index (Phi) is 5.94. The van der Waals surface area contributed by atoms with Gasteiger partial charge in [0.15, 0.2) is 0 Å². The van der Waals surface area contributed by atoms with E-state index in [0.717, 1.165) is 0 Å². The highest BCUT2D eigenvalue weighted by Crippen LogP contribution is 2.41. The molecule has 0 heterocycles. The molecule has 0 saturated carbocycles. The Morgan fingerprint density at radius 2 is 1.25 bits per heavy atom. The first-order valence-electron chi connectivity index (χ1n) is 7.06. The minimum absolute atomic E-state index is 0.0696. The third-order valence-corrected chi connectivity index (χ3v) is 4.10. The van der Waals surface area contributed by atoms with Gasteiger partial charge in [-0.2, -0.15) is 13.2 Å². The number of rotatable bonds is 5. The molecule has 0 saturated heterocycles. The van der Waals surface area contributed by atoms with Crippen molar-refractivity contribution in [1.29, 1.82) is 0 Å². The summed E-state index contributed by atoms with van der Waals surface area (Å²) in [5.41, 5.74) is 0.0619. The summed E-state index contributed by atoms with van der Waals surface area (Å²) < 4.78 is 51.2. The van der Waals surface area contributed by atoms with E-state index < -0.39 is 11.7 Å². The van der Waals surface area contributed by atoms with Crippen molar-refractivity contribution < 1.29 is 22.6 Å². The zero-order chi connectivity index (χ0) is 17.7. The highest BCUT2D eigenvalue weighted by molar-refractivity contribution is 9.09. The second-order valence-electron chi connectivity index (χ2n) is 4.94. The zero-order valence-corrected chi connectivity index (χ0v) is 14.7. The summed E-state index contributed by atoms with van der Waals surface area (Å²) >= 11 is 3.19. The first-order chi connectivity index (χ1) is 11.4. The van der Waals surface area contributed by atoms with Gasteiger partial charge in [-0.15, -0.1) is 0 Å². The Hall–Kier alpha value is -1.95. The fourth-order valence-electron chi connectivity index (χ4n) is 2.35. The smallest absolute Gasteiger partial charge is 0.417 e. The van der Waals surface area contributed by atoms with E-state index in [1.807, 2.05) is 0 Å². The van der Waals surface area contributed by atoms with E-state index >= 15 is 0 Å². The van der Waals surface area contributed by atoms with Crippen molar-refractivity contribution in [3.8, 4) is 11.5 Å². The molecule has 0 amide bonds. The van der Waals surface area contributed by atoms with Crippen LogP contribution in [0.15, 0.2) is 48.5 Å². The summed E-state index contributed by atoms with van der Waals surface area (Å²) in [4.78, 5) is 0. The van der Waals surface area contributed by atoms with Crippen molar-refractivity contribution >= 4 is 27.1 Å². The van der Waals surface area contributed by atoms with Crippen LogP contribution in [0, 0.1) is 0 Å². The van der Waals surface area contributed by atoms with E-state index in [1.165, 1.54) is 38.5 Å². The molecule has 0 aliphatic heterocycles. The molecule has 0 fully saturated rings. The topological polar surface area (TPSA) is 18.5 Å². The molecule has 0 N–H and O–H groups in total. The fourth-order valence-corrected chi connectivity index (χ4v) is 2.95. The normalized spacial score (nSPS) is 12.6. The van der Waals surface area contributed by atoms with Crippen LogP contribution in [0.3, 0.4) is 0 Å². The van der Waals surface area contributed by atoms with Crippen LogP contribution in [0.25, 0.3) is 11.1 Å². The van der Waals surface area contributed by atoms with Gasteiger partial charge in [0.05, 0.1) is 19.8 Å². The van der Waals surface area contributed by atoms with Gasteiger partial charge in [-0.25, -0.2) is 0 Å². The first kappa shape index (κ1) is 18.4. The van der Waals surface area contributed by atoms with Gasteiger partial charge in [0.2, 0.25) is 0 Å². The highest BCUT2D eigenvalue weighted by Gasteiger charge is 2.37. The van der Waals surface area contributed by atoms with E-state index in [-0.39, 0.29) is 16.5 Å². The maximum atomic E-state index is 13.7. The number of ether oxygens (including phenoxy) is 2. The van der Waals surface area contributed by atoms with Gasteiger partial charge in [-0.05, 0) is 41.0 Å². The second-order valence-corrected chi connectivity index (χ2v) is 5.50. The molecule has 0 spiro atoms. The van der Waals surface area contributed by atoms with Crippen LogP contribution in [0.2, 0.25) is 0 Å². The lowest BCUT2D eigenvalue weighted by Gasteiger charge is -2.18. The Morgan fingerprint density at radius 1 is 0.833 bits per heavy atom. The van der Waals surface area contributed by atoms with Crippen LogP contribution in [0.5, 0.6) is 11.5 Å². The number of alkyl halides is 4. The molecule has 0 radical (unpaired) electrons. The highest BCUT2D eigenvalue weighted by atomic mass is 79.9. The number of benzene rings is 2. The largest absolute Gasteiger partial charge is 0.497 e. The molecule has 24 heavy (non-hydrogen) atoms. The minimum atomic E-state index is -4.49.